The molecule has 0 saturated heterocycles. The highest BCUT2D eigenvalue weighted by Gasteiger charge is 2.08. The van der Waals surface area contributed by atoms with E-state index < -0.39 is 0 Å². The quantitative estimate of drug-likeness (QED) is 0.745. The van der Waals surface area contributed by atoms with E-state index in [0.717, 1.165) is 16.8 Å². The van der Waals surface area contributed by atoms with Crippen molar-refractivity contribution in [2.75, 3.05) is 5.32 Å². The van der Waals surface area contributed by atoms with Crippen molar-refractivity contribution in [3.05, 3.63) is 64.8 Å². The predicted octanol–water partition coefficient (Wildman–Crippen LogP) is 4.43. The average Bonchev–Trinajstić information content (AvgIpc) is 3.04. The molecule has 6 heteroatoms. The van der Waals surface area contributed by atoms with Gasteiger partial charge >= 0.3 is 0 Å². The van der Waals surface area contributed by atoms with Crippen LogP contribution in [0.3, 0.4) is 0 Å². The van der Waals surface area contributed by atoms with E-state index in [2.05, 4.69) is 15.3 Å². The van der Waals surface area contributed by atoms with Gasteiger partial charge in [0.25, 0.3) is 0 Å². The highest BCUT2D eigenvalue weighted by Crippen LogP contribution is 2.24. The van der Waals surface area contributed by atoms with E-state index in [1.54, 1.807) is 12.4 Å². The summed E-state index contributed by atoms with van der Waals surface area (Å²) in [6.45, 7) is 0. The Labute approximate surface area is 143 Å². The van der Waals surface area contributed by atoms with Crippen LogP contribution >= 0.6 is 22.9 Å². The second-order valence-electron chi connectivity index (χ2n) is 4.95. The number of halogens is 1. The minimum absolute atomic E-state index is 0.0458. The Kier molecular flexibility index (Phi) is 5.00. The minimum Gasteiger partial charge on any atom is -0.302 e. The van der Waals surface area contributed by atoms with Gasteiger partial charge in [-0.25, -0.2) is 4.98 Å². The summed E-state index contributed by atoms with van der Waals surface area (Å²) in [6, 6.07) is 11.3. The molecule has 2 aromatic heterocycles. The maximum Gasteiger partial charge on any atom is 0.226 e. The Hall–Kier alpha value is -2.24. The molecule has 3 rings (SSSR count). The fourth-order valence-corrected chi connectivity index (χ4v) is 2.94. The second-order valence-corrected chi connectivity index (χ2v) is 6.24. The van der Waals surface area contributed by atoms with Crippen LogP contribution in [-0.2, 0) is 11.2 Å². The number of nitrogens with zero attached hydrogens (tertiary/aromatic N) is 2. The average molecular weight is 344 g/mol. The van der Waals surface area contributed by atoms with Gasteiger partial charge in [0.2, 0.25) is 5.91 Å². The zero-order valence-corrected chi connectivity index (χ0v) is 13.8. The topological polar surface area (TPSA) is 54.9 Å². The standard InChI is InChI=1S/C17H14ClN3OS/c18-14-4-1-12(2-5-14)3-6-16(22)21-17-20-15(11-23-17)13-7-9-19-10-8-13/h1-2,4-5,7-11H,3,6H2,(H,20,21,22). The first kappa shape index (κ1) is 15.6. The summed E-state index contributed by atoms with van der Waals surface area (Å²) in [5.74, 6) is -0.0458. The summed E-state index contributed by atoms with van der Waals surface area (Å²) in [5.41, 5.74) is 2.91. The molecule has 0 aliphatic heterocycles. The van der Waals surface area contributed by atoms with E-state index in [9.17, 15) is 4.79 Å². The Morgan fingerprint density at radius 1 is 1.13 bits per heavy atom. The van der Waals surface area contributed by atoms with E-state index in [-0.39, 0.29) is 5.91 Å². The largest absolute Gasteiger partial charge is 0.302 e. The molecule has 0 aliphatic carbocycles. The molecule has 0 bridgehead atoms. The summed E-state index contributed by atoms with van der Waals surface area (Å²) >= 11 is 7.26. The van der Waals surface area contributed by atoms with Crippen molar-refractivity contribution in [2.24, 2.45) is 0 Å². The van der Waals surface area contributed by atoms with Crippen molar-refractivity contribution >= 4 is 34.0 Å². The number of anilines is 1. The van der Waals surface area contributed by atoms with Crippen LogP contribution in [0.5, 0.6) is 0 Å². The third kappa shape index (κ3) is 4.37. The lowest BCUT2D eigenvalue weighted by molar-refractivity contribution is -0.116. The van der Waals surface area contributed by atoms with E-state index in [1.165, 1.54) is 11.3 Å². The lowest BCUT2D eigenvalue weighted by Gasteiger charge is -2.02. The van der Waals surface area contributed by atoms with Gasteiger partial charge in [-0.15, -0.1) is 11.3 Å². The summed E-state index contributed by atoms with van der Waals surface area (Å²) in [5, 5.41) is 6.07. The lowest BCUT2D eigenvalue weighted by Crippen LogP contribution is -2.12. The molecule has 4 nitrogen and oxygen atoms in total. The number of rotatable bonds is 5. The molecule has 116 valence electrons. The van der Waals surface area contributed by atoms with Gasteiger partial charge in [-0.3, -0.25) is 9.78 Å². The molecule has 3 aromatic rings. The van der Waals surface area contributed by atoms with Crippen molar-refractivity contribution in [3.8, 4) is 11.3 Å². The molecule has 1 aromatic carbocycles. The zero-order chi connectivity index (χ0) is 16.1. The van der Waals surface area contributed by atoms with Crippen LogP contribution < -0.4 is 5.32 Å². The first-order valence-corrected chi connectivity index (χ1v) is 8.37. The molecule has 0 unspecified atom stereocenters. The number of carbonyl (C=O) groups is 1. The number of benzene rings is 1. The highest BCUT2D eigenvalue weighted by atomic mass is 35.5. The molecule has 0 atom stereocenters. The highest BCUT2D eigenvalue weighted by molar-refractivity contribution is 7.14. The molecule has 0 spiro atoms. The van der Waals surface area contributed by atoms with Crippen molar-refractivity contribution in [1.29, 1.82) is 0 Å². The fourth-order valence-electron chi connectivity index (χ4n) is 2.08. The van der Waals surface area contributed by atoms with Gasteiger partial charge in [-0.05, 0) is 36.2 Å². The zero-order valence-electron chi connectivity index (χ0n) is 12.2. The van der Waals surface area contributed by atoms with Crippen LogP contribution in [0.2, 0.25) is 5.02 Å². The number of pyridine rings is 1. The van der Waals surface area contributed by atoms with Gasteiger partial charge in [-0.2, -0.15) is 0 Å². The number of thiazole rings is 1. The van der Waals surface area contributed by atoms with Crippen LogP contribution in [0.25, 0.3) is 11.3 Å². The van der Waals surface area contributed by atoms with Crippen molar-refractivity contribution in [2.45, 2.75) is 12.8 Å². The molecular formula is C17H14ClN3OS. The molecule has 2 heterocycles. The Balaban J connectivity index is 1.56. The smallest absolute Gasteiger partial charge is 0.226 e. The van der Waals surface area contributed by atoms with E-state index >= 15 is 0 Å². The molecule has 1 N–H and O–H groups in total. The van der Waals surface area contributed by atoms with Crippen molar-refractivity contribution < 1.29 is 4.79 Å². The third-order valence-electron chi connectivity index (χ3n) is 3.28. The lowest BCUT2D eigenvalue weighted by atomic mass is 10.1. The SMILES string of the molecule is O=C(CCc1ccc(Cl)cc1)Nc1nc(-c2ccncc2)cs1. The summed E-state index contributed by atoms with van der Waals surface area (Å²) < 4.78 is 0. The summed E-state index contributed by atoms with van der Waals surface area (Å²) in [4.78, 5) is 20.4. The molecule has 0 aliphatic rings. The molecule has 0 radical (unpaired) electrons. The van der Waals surface area contributed by atoms with Crippen molar-refractivity contribution in [3.63, 3.8) is 0 Å². The maximum atomic E-state index is 12.0. The first-order chi connectivity index (χ1) is 11.2. The molecule has 1 amide bonds. The molecular weight excluding hydrogens is 330 g/mol. The number of amides is 1. The number of aryl methyl sites for hydroxylation is 1. The number of aromatic nitrogens is 2. The first-order valence-electron chi connectivity index (χ1n) is 7.11. The van der Waals surface area contributed by atoms with Gasteiger partial charge in [0.05, 0.1) is 5.69 Å². The molecule has 0 fully saturated rings. The monoisotopic (exact) mass is 343 g/mol. The number of carbonyl (C=O) groups excluding carboxylic acids is 1. The normalized spacial score (nSPS) is 10.5. The molecule has 23 heavy (non-hydrogen) atoms. The van der Waals surface area contributed by atoms with Crippen LogP contribution in [0.15, 0.2) is 54.2 Å². The number of hydrogen-bond donors (Lipinski definition) is 1. The Morgan fingerprint density at radius 2 is 1.87 bits per heavy atom. The van der Waals surface area contributed by atoms with E-state index in [0.29, 0.717) is 23.0 Å². The summed E-state index contributed by atoms with van der Waals surface area (Å²) in [6.07, 6.45) is 4.52. The molecule has 0 saturated carbocycles. The third-order valence-corrected chi connectivity index (χ3v) is 4.29. The Bertz CT molecular complexity index is 787. The van der Waals surface area contributed by atoms with Gasteiger partial charge < -0.3 is 5.32 Å². The van der Waals surface area contributed by atoms with Crippen LogP contribution in [0.1, 0.15) is 12.0 Å². The van der Waals surface area contributed by atoms with E-state index in [4.69, 9.17) is 11.6 Å². The van der Waals surface area contributed by atoms with Crippen molar-refractivity contribution in [1.82, 2.24) is 9.97 Å². The Morgan fingerprint density at radius 3 is 2.61 bits per heavy atom. The van der Waals surface area contributed by atoms with Gasteiger partial charge in [-0.1, -0.05) is 23.7 Å². The van der Waals surface area contributed by atoms with Gasteiger partial charge in [0, 0.05) is 34.8 Å². The van der Waals surface area contributed by atoms with Crippen LogP contribution in [0.4, 0.5) is 5.13 Å². The second kappa shape index (κ2) is 7.35. The van der Waals surface area contributed by atoms with E-state index in [1.807, 2.05) is 41.8 Å². The predicted molar refractivity (Wildman–Crippen MR) is 93.7 cm³/mol. The number of nitrogens with one attached hydrogen (secondary N) is 1. The fraction of sp³-hybridized carbons (Fsp3) is 0.118. The van der Waals surface area contributed by atoms with Crippen LogP contribution in [-0.4, -0.2) is 15.9 Å². The number of hydrogen-bond acceptors (Lipinski definition) is 4. The maximum absolute atomic E-state index is 12.0. The van der Waals surface area contributed by atoms with Gasteiger partial charge in [0.15, 0.2) is 5.13 Å². The van der Waals surface area contributed by atoms with Gasteiger partial charge in [0.1, 0.15) is 0 Å². The van der Waals surface area contributed by atoms with Crippen LogP contribution in [0, 0.1) is 0 Å². The summed E-state index contributed by atoms with van der Waals surface area (Å²) in [7, 11) is 0. The minimum atomic E-state index is -0.0458.